The Morgan fingerprint density at radius 3 is 2.28 bits per heavy atom. The smallest absolute Gasteiger partial charge is 0.358 e. The second-order valence-corrected chi connectivity index (χ2v) is 4.52. The lowest BCUT2D eigenvalue weighted by molar-refractivity contribution is -0.120. The van der Waals surface area contributed by atoms with Crippen LogP contribution in [0.25, 0.3) is 0 Å². The van der Waals surface area contributed by atoms with Crippen LogP contribution in [0.15, 0.2) is 18.2 Å². The highest BCUT2D eigenvalue weighted by Gasteiger charge is 2.32. The van der Waals surface area contributed by atoms with Gasteiger partial charge < -0.3 is 4.90 Å². The van der Waals surface area contributed by atoms with E-state index in [-0.39, 0.29) is 11.6 Å². The molecular weight excluding hydrogens is 270 g/mol. The maximum absolute atomic E-state index is 13.8. The molecule has 0 bridgehead atoms. The van der Waals surface area contributed by atoms with Gasteiger partial charge in [0.05, 0.1) is 5.69 Å². The van der Waals surface area contributed by atoms with Crippen molar-refractivity contribution in [1.82, 2.24) is 0 Å². The Morgan fingerprint density at radius 2 is 1.89 bits per heavy atom. The van der Waals surface area contributed by atoms with Crippen LogP contribution in [0, 0.1) is 5.82 Å². The van der Waals surface area contributed by atoms with E-state index < -0.39 is 24.6 Å². The number of anilines is 1. The molecular formula is C12H14ClF4N. The van der Waals surface area contributed by atoms with Gasteiger partial charge in [0.1, 0.15) is 12.4 Å². The predicted octanol–water partition coefficient (Wildman–Crippen LogP) is 4.34. The molecule has 0 spiro atoms. The Bertz CT molecular complexity index is 404. The first-order chi connectivity index (χ1) is 8.24. The molecule has 0 unspecified atom stereocenters. The van der Waals surface area contributed by atoms with E-state index in [0.717, 1.165) is 11.0 Å². The summed E-state index contributed by atoms with van der Waals surface area (Å²) < 4.78 is 51.1. The van der Waals surface area contributed by atoms with Crippen LogP contribution in [-0.2, 0) is 5.88 Å². The van der Waals surface area contributed by atoms with E-state index in [1.54, 1.807) is 13.8 Å². The summed E-state index contributed by atoms with van der Waals surface area (Å²) in [5.41, 5.74) is 0.477. The third-order valence-electron chi connectivity index (χ3n) is 2.45. The number of hydrogen-bond donors (Lipinski definition) is 0. The minimum absolute atomic E-state index is 0.0591. The van der Waals surface area contributed by atoms with Crippen molar-refractivity contribution in [3.8, 4) is 0 Å². The molecule has 0 radical (unpaired) electrons. The van der Waals surface area contributed by atoms with Gasteiger partial charge in [-0.2, -0.15) is 13.2 Å². The fraction of sp³-hybridized carbons (Fsp3) is 0.500. The van der Waals surface area contributed by atoms with Gasteiger partial charge in [0.15, 0.2) is 0 Å². The molecule has 102 valence electrons. The van der Waals surface area contributed by atoms with Crippen LogP contribution in [0.3, 0.4) is 0 Å². The second kappa shape index (κ2) is 5.78. The van der Waals surface area contributed by atoms with E-state index in [4.69, 9.17) is 11.6 Å². The van der Waals surface area contributed by atoms with E-state index in [2.05, 4.69) is 0 Å². The van der Waals surface area contributed by atoms with Gasteiger partial charge in [0, 0.05) is 11.9 Å². The topological polar surface area (TPSA) is 3.24 Å². The number of hydrogen-bond acceptors (Lipinski definition) is 1. The van der Waals surface area contributed by atoms with Crippen molar-refractivity contribution in [2.75, 3.05) is 11.4 Å². The van der Waals surface area contributed by atoms with E-state index in [9.17, 15) is 17.6 Å². The van der Waals surface area contributed by atoms with Crippen molar-refractivity contribution in [1.29, 1.82) is 0 Å². The quantitative estimate of drug-likeness (QED) is 0.587. The average Bonchev–Trinajstić information content (AvgIpc) is 2.24. The van der Waals surface area contributed by atoms with E-state index >= 15 is 0 Å². The fourth-order valence-corrected chi connectivity index (χ4v) is 1.77. The molecule has 0 amide bonds. The molecule has 0 N–H and O–H groups in total. The second-order valence-electron chi connectivity index (χ2n) is 4.26. The third kappa shape index (κ3) is 4.05. The first-order valence-corrected chi connectivity index (χ1v) is 5.96. The SMILES string of the molecule is CC(C)N(CC(F)(F)F)c1ccc(CCl)cc1F. The molecule has 1 rings (SSSR count). The minimum atomic E-state index is -4.37. The molecule has 0 atom stereocenters. The summed E-state index contributed by atoms with van der Waals surface area (Å²) in [7, 11) is 0. The van der Waals surface area contributed by atoms with Gasteiger partial charge in [-0.15, -0.1) is 11.6 Å². The summed E-state index contributed by atoms with van der Waals surface area (Å²) in [6, 6.07) is 3.56. The standard InChI is InChI=1S/C12H14ClF4N/c1-8(2)18(7-12(15,16)17)11-4-3-9(6-13)5-10(11)14/h3-5,8H,6-7H2,1-2H3. The molecule has 0 aliphatic rings. The van der Waals surface area contributed by atoms with Gasteiger partial charge in [-0.25, -0.2) is 4.39 Å². The van der Waals surface area contributed by atoms with E-state index in [0.29, 0.717) is 5.56 Å². The van der Waals surface area contributed by atoms with Gasteiger partial charge in [0.2, 0.25) is 0 Å². The highest BCUT2D eigenvalue weighted by molar-refractivity contribution is 6.17. The van der Waals surface area contributed by atoms with Gasteiger partial charge in [0.25, 0.3) is 0 Å². The summed E-state index contributed by atoms with van der Waals surface area (Å²) in [4.78, 5) is 0.980. The number of alkyl halides is 4. The molecule has 0 fully saturated rings. The lowest BCUT2D eigenvalue weighted by Crippen LogP contribution is -2.39. The van der Waals surface area contributed by atoms with Crippen LogP contribution < -0.4 is 4.90 Å². The van der Waals surface area contributed by atoms with Crippen LogP contribution in [0.2, 0.25) is 0 Å². The van der Waals surface area contributed by atoms with Crippen LogP contribution in [-0.4, -0.2) is 18.8 Å². The number of nitrogens with zero attached hydrogens (tertiary/aromatic N) is 1. The summed E-state index contributed by atoms with van der Waals surface area (Å²) in [5, 5.41) is 0. The molecule has 1 nitrogen and oxygen atoms in total. The average molecular weight is 284 g/mol. The maximum Gasteiger partial charge on any atom is 0.405 e. The van der Waals surface area contributed by atoms with Crippen molar-refractivity contribution in [2.24, 2.45) is 0 Å². The summed E-state index contributed by atoms with van der Waals surface area (Å²) in [6.45, 7) is 1.99. The first kappa shape index (κ1) is 15.1. The lowest BCUT2D eigenvalue weighted by Gasteiger charge is -2.30. The van der Waals surface area contributed by atoms with Crippen LogP contribution in [0.5, 0.6) is 0 Å². The molecule has 18 heavy (non-hydrogen) atoms. The van der Waals surface area contributed by atoms with Crippen molar-refractivity contribution in [2.45, 2.75) is 31.9 Å². The minimum Gasteiger partial charge on any atom is -0.358 e. The van der Waals surface area contributed by atoms with Gasteiger partial charge in [-0.3, -0.25) is 0 Å². The molecule has 0 aliphatic carbocycles. The van der Waals surface area contributed by atoms with Crippen molar-refractivity contribution >= 4 is 17.3 Å². The highest BCUT2D eigenvalue weighted by Crippen LogP contribution is 2.27. The largest absolute Gasteiger partial charge is 0.405 e. The Morgan fingerprint density at radius 1 is 1.28 bits per heavy atom. The third-order valence-corrected chi connectivity index (χ3v) is 2.76. The zero-order valence-electron chi connectivity index (χ0n) is 10.1. The van der Waals surface area contributed by atoms with Crippen LogP contribution >= 0.6 is 11.6 Å². The number of halogens is 5. The monoisotopic (exact) mass is 283 g/mol. The number of rotatable bonds is 4. The molecule has 0 aliphatic heterocycles. The Hall–Kier alpha value is -0.970. The Kier molecular flexibility index (Phi) is 4.85. The zero-order valence-corrected chi connectivity index (χ0v) is 10.8. The molecule has 6 heteroatoms. The Balaban J connectivity index is 3.06. The van der Waals surface area contributed by atoms with Gasteiger partial charge in [-0.1, -0.05) is 6.07 Å². The zero-order chi connectivity index (χ0) is 13.9. The molecule has 1 aromatic carbocycles. The normalized spacial score (nSPS) is 12.0. The molecule has 0 heterocycles. The van der Waals surface area contributed by atoms with Gasteiger partial charge in [-0.05, 0) is 31.5 Å². The first-order valence-electron chi connectivity index (χ1n) is 5.42. The predicted molar refractivity (Wildman–Crippen MR) is 64.5 cm³/mol. The lowest BCUT2D eigenvalue weighted by atomic mass is 10.1. The van der Waals surface area contributed by atoms with Crippen molar-refractivity contribution in [3.05, 3.63) is 29.6 Å². The maximum atomic E-state index is 13.8. The van der Waals surface area contributed by atoms with E-state index in [1.165, 1.54) is 12.1 Å². The Labute approximate surface area is 108 Å². The van der Waals surface area contributed by atoms with Crippen molar-refractivity contribution < 1.29 is 17.6 Å². The molecule has 0 saturated heterocycles. The van der Waals surface area contributed by atoms with Gasteiger partial charge >= 0.3 is 6.18 Å². The molecule has 0 aromatic heterocycles. The molecule has 0 saturated carbocycles. The summed E-state index contributed by atoms with van der Waals surface area (Å²) >= 11 is 5.54. The number of benzene rings is 1. The fourth-order valence-electron chi connectivity index (χ4n) is 1.61. The summed E-state index contributed by atoms with van der Waals surface area (Å²) in [5.74, 6) is -0.566. The highest BCUT2D eigenvalue weighted by atomic mass is 35.5. The summed E-state index contributed by atoms with van der Waals surface area (Å²) in [6.07, 6.45) is -4.37. The molecule has 1 aromatic rings. The van der Waals surface area contributed by atoms with Crippen LogP contribution in [0.4, 0.5) is 23.2 Å². The van der Waals surface area contributed by atoms with E-state index in [1.807, 2.05) is 0 Å². The van der Waals surface area contributed by atoms with Crippen molar-refractivity contribution in [3.63, 3.8) is 0 Å². The van der Waals surface area contributed by atoms with Crippen LogP contribution in [0.1, 0.15) is 19.4 Å².